The van der Waals surface area contributed by atoms with Gasteiger partial charge in [0, 0.05) is 79.9 Å². The highest BCUT2D eigenvalue weighted by Gasteiger charge is 2.48. The summed E-state index contributed by atoms with van der Waals surface area (Å²) in [4.78, 5) is 0. The van der Waals surface area contributed by atoms with Gasteiger partial charge in [-0.05, 0) is 32.1 Å². The summed E-state index contributed by atoms with van der Waals surface area (Å²) in [7, 11) is 5.72. The predicted octanol–water partition coefficient (Wildman–Crippen LogP) is 3.44. The summed E-state index contributed by atoms with van der Waals surface area (Å²) in [5.74, 6) is 0. The average molecular weight is 523 g/mol. The highest BCUT2D eigenvalue weighted by molar-refractivity contribution is 6.69. The number of hydrogen-bond acceptors (Lipinski definition) is 9. The van der Waals surface area contributed by atoms with Crippen molar-refractivity contribution in [3.63, 3.8) is 0 Å². The Hall–Kier alpha value is -0.489. The van der Waals surface area contributed by atoms with E-state index in [2.05, 4.69) is 6.08 Å². The second-order valence-corrected chi connectivity index (χ2v) is 16.6. The summed E-state index contributed by atoms with van der Waals surface area (Å²) in [6.45, 7) is 0. The van der Waals surface area contributed by atoms with Gasteiger partial charge >= 0.3 is 26.4 Å². The molecule has 1 aliphatic carbocycles. The minimum Gasteiger partial charge on any atom is -0.377 e. The third-order valence-electron chi connectivity index (χ3n) is 6.16. The van der Waals surface area contributed by atoms with Crippen molar-refractivity contribution in [1.82, 2.24) is 0 Å². The van der Waals surface area contributed by atoms with Crippen molar-refractivity contribution in [3.8, 4) is 0 Å². The van der Waals surface area contributed by atoms with Crippen molar-refractivity contribution >= 4 is 26.4 Å². The van der Waals surface area contributed by atoms with E-state index >= 15 is 0 Å². The maximum absolute atomic E-state index is 5.83. The molecule has 0 fully saturated rings. The van der Waals surface area contributed by atoms with Crippen LogP contribution in [0.25, 0.3) is 0 Å². The van der Waals surface area contributed by atoms with Gasteiger partial charge in [-0.2, -0.15) is 0 Å². The van der Waals surface area contributed by atoms with Gasteiger partial charge in [0.05, 0.1) is 0 Å². The van der Waals surface area contributed by atoms with Crippen molar-refractivity contribution in [2.45, 2.75) is 37.6 Å². The van der Waals surface area contributed by atoms with E-state index in [1.165, 1.54) is 0 Å². The fourth-order valence-electron chi connectivity index (χ4n) is 4.38. The van der Waals surface area contributed by atoms with E-state index < -0.39 is 26.4 Å². The predicted molar refractivity (Wildman–Crippen MR) is 132 cm³/mol. The van der Waals surface area contributed by atoms with Crippen molar-refractivity contribution in [2.24, 2.45) is 0 Å². The maximum Gasteiger partial charge on any atom is 0.536 e. The molecule has 33 heavy (non-hydrogen) atoms. The van der Waals surface area contributed by atoms with E-state index in [1.54, 1.807) is 64.0 Å². The zero-order valence-corrected chi connectivity index (χ0v) is 24.6. The summed E-state index contributed by atoms with van der Waals surface area (Å²) < 4.78 is 52.0. The molecule has 0 aromatic rings. The Morgan fingerprint density at radius 3 is 1.64 bits per heavy atom. The second kappa shape index (κ2) is 14.8. The van der Waals surface area contributed by atoms with Crippen LogP contribution in [0.5, 0.6) is 0 Å². The molecule has 9 nitrogen and oxygen atoms in total. The first-order valence-corrected chi connectivity index (χ1v) is 16.2. The molecule has 0 N–H and O–H groups in total. The van der Waals surface area contributed by atoms with Gasteiger partial charge in [-0.15, -0.1) is 0 Å². The Kier molecular flexibility index (Phi) is 13.7. The lowest BCUT2D eigenvalue weighted by Crippen LogP contribution is -2.48. The second-order valence-electron chi connectivity index (χ2n) is 7.43. The van der Waals surface area contributed by atoms with Gasteiger partial charge in [-0.25, -0.2) is 0 Å². The minimum atomic E-state index is -3.04. The lowest BCUT2D eigenvalue weighted by atomic mass is 10.1. The molecule has 0 aromatic carbocycles. The smallest absolute Gasteiger partial charge is 0.377 e. The SMILES string of the molecule is CO[Si](OC)(OC)C1=C/CCC([Si](OC)(OC)OC)CCC\C([Si](OC)(OC)OC)=C/C=C\1. The largest absolute Gasteiger partial charge is 0.536 e. The summed E-state index contributed by atoms with van der Waals surface area (Å²) in [5, 5.41) is 1.84. The van der Waals surface area contributed by atoms with Crippen LogP contribution < -0.4 is 0 Å². The molecule has 1 aliphatic rings. The van der Waals surface area contributed by atoms with Gasteiger partial charge in [0.1, 0.15) is 0 Å². The average Bonchev–Trinajstić information content (AvgIpc) is 2.85. The van der Waals surface area contributed by atoms with Crippen LogP contribution in [0.1, 0.15) is 32.1 Å². The van der Waals surface area contributed by atoms with Crippen molar-refractivity contribution < 1.29 is 39.8 Å². The molecule has 0 bridgehead atoms. The standard InChI is InChI=1S/C21H42O9Si3/c1-22-31(23-2,24-3)19-13-10-15-20(32(25-4,26-5)27-6)17-12-18-21(16-11-14-19)33(28-7,29-8)30-9/h10,13-15,21H,11-12,16-18H2,1-9H3/b13-10-,19-14+,20-15+. The molecule has 0 saturated heterocycles. The minimum absolute atomic E-state index is 0.104. The fraction of sp³-hybridized carbons (Fsp3) is 0.714. The molecule has 0 radical (unpaired) electrons. The maximum atomic E-state index is 5.83. The van der Waals surface area contributed by atoms with Crippen LogP contribution >= 0.6 is 0 Å². The van der Waals surface area contributed by atoms with Crippen molar-refractivity contribution in [2.75, 3.05) is 64.0 Å². The fourth-order valence-corrected chi connectivity index (χ4v) is 10.9. The zero-order valence-electron chi connectivity index (χ0n) is 21.6. The van der Waals surface area contributed by atoms with Crippen LogP contribution in [-0.2, 0) is 39.8 Å². The van der Waals surface area contributed by atoms with Gasteiger partial charge in [-0.3, -0.25) is 0 Å². The first-order valence-electron chi connectivity index (χ1n) is 10.9. The molecule has 0 aromatic heterocycles. The zero-order chi connectivity index (χ0) is 25.0. The normalized spacial score (nSPS) is 23.6. The molecule has 1 rings (SSSR count). The summed E-state index contributed by atoms with van der Waals surface area (Å²) >= 11 is 0. The van der Waals surface area contributed by atoms with Gasteiger partial charge in [0.25, 0.3) is 0 Å². The van der Waals surface area contributed by atoms with Crippen molar-refractivity contribution in [1.29, 1.82) is 0 Å². The first-order chi connectivity index (χ1) is 15.9. The Bertz CT molecular complexity index is 633. The van der Waals surface area contributed by atoms with Gasteiger partial charge in [-0.1, -0.05) is 24.3 Å². The third kappa shape index (κ3) is 7.02. The molecule has 192 valence electrons. The Balaban J connectivity index is 3.55. The van der Waals surface area contributed by atoms with Crippen LogP contribution in [0, 0.1) is 0 Å². The van der Waals surface area contributed by atoms with Gasteiger partial charge in [0.2, 0.25) is 0 Å². The third-order valence-corrected chi connectivity index (χ3v) is 15.0. The molecule has 0 spiro atoms. The lowest BCUT2D eigenvalue weighted by molar-refractivity contribution is 0.107. The van der Waals surface area contributed by atoms with E-state index in [0.29, 0.717) is 0 Å². The molecule has 0 heterocycles. The van der Waals surface area contributed by atoms with Crippen molar-refractivity contribution in [3.05, 3.63) is 34.7 Å². The molecular weight excluding hydrogens is 480 g/mol. The van der Waals surface area contributed by atoms with E-state index in [0.717, 1.165) is 42.5 Å². The highest BCUT2D eigenvalue weighted by Crippen LogP contribution is 2.36. The van der Waals surface area contributed by atoms with E-state index in [4.69, 9.17) is 39.8 Å². The van der Waals surface area contributed by atoms with E-state index in [-0.39, 0.29) is 5.54 Å². The molecule has 1 unspecified atom stereocenters. The topological polar surface area (TPSA) is 83.1 Å². The molecule has 0 saturated carbocycles. The van der Waals surface area contributed by atoms with E-state index in [1.807, 2.05) is 18.2 Å². The quantitative estimate of drug-likeness (QED) is 0.358. The van der Waals surface area contributed by atoms with Crippen LogP contribution in [0.4, 0.5) is 0 Å². The van der Waals surface area contributed by atoms with E-state index in [9.17, 15) is 0 Å². The van der Waals surface area contributed by atoms with Crippen LogP contribution in [0.3, 0.4) is 0 Å². The molecule has 0 aliphatic heterocycles. The van der Waals surface area contributed by atoms with Crippen LogP contribution in [0.15, 0.2) is 34.7 Å². The highest BCUT2D eigenvalue weighted by atomic mass is 28.4. The number of rotatable bonds is 12. The molecule has 0 amide bonds. The Morgan fingerprint density at radius 2 is 1.18 bits per heavy atom. The molecule has 1 atom stereocenters. The van der Waals surface area contributed by atoms with Gasteiger partial charge < -0.3 is 39.8 Å². The lowest BCUT2D eigenvalue weighted by Gasteiger charge is -2.33. The molecular formula is C21H42O9Si3. The summed E-state index contributed by atoms with van der Waals surface area (Å²) in [5.41, 5.74) is 0.104. The monoisotopic (exact) mass is 522 g/mol. The molecule has 12 heteroatoms. The Labute approximate surface area is 202 Å². The summed E-state index contributed by atoms with van der Waals surface area (Å²) in [6.07, 6.45) is 12.1. The number of hydrogen-bond donors (Lipinski definition) is 0. The summed E-state index contributed by atoms with van der Waals surface area (Å²) in [6, 6.07) is 0. The van der Waals surface area contributed by atoms with Crippen LogP contribution in [-0.4, -0.2) is 90.4 Å². The first kappa shape index (κ1) is 30.5. The Morgan fingerprint density at radius 1 is 0.667 bits per heavy atom. The van der Waals surface area contributed by atoms with Crippen LogP contribution in [0.2, 0.25) is 5.54 Å². The number of allylic oxidation sites excluding steroid dienone is 6. The van der Waals surface area contributed by atoms with Gasteiger partial charge in [0.15, 0.2) is 0 Å².